The number of sulfone groups is 1. The van der Waals surface area contributed by atoms with Crippen LogP contribution in [0.3, 0.4) is 0 Å². The molecule has 1 heterocycles. The zero-order valence-electron chi connectivity index (χ0n) is 12.7. The van der Waals surface area contributed by atoms with Crippen LogP contribution in [0.4, 0.5) is 0 Å². The number of carboxylic acid groups (broad SMARTS) is 1. The van der Waals surface area contributed by atoms with Gasteiger partial charge in [0, 0.05) is 13.2 Å². The minimum Gasteiger partial charge on any atom is -0.480 e. The van der Waals surface area contributed by atoms with Gasteiger partial charge in [0.2, 0.25) is 5.91 Å². The van der Waals surface area contributed by atoms with Crippen molar-refractivity contribution in [1.82, 2.24) is 5.32 Å². The van der Waals surface area contributed by atoms with Gasteiger partial charge < -0.3 is 15.2 Å². The standard InChI is InChI=1S/C14H23NO6S/c1-10(22(19,20)11-4-8-21-9-5-11)12(16)15-14(13(17)18)6-2-3-7-14/h10-11H,2-9H2,1H3,(H,15,16)(H,17,18). The van der Waals surface area contributed by atoms with E-state index in [1.807, 2.05) is 0 Å². The van der Waals surface area contributed by atoms with Crippen LogP contribution < -0.4 is 5.32 Å². The number of rotatable bonds is 5. The number of amides is 1. The summed E-state index contributed by atoms with van der Waals surface area (Å²) < 4.78 is 30.2. The number of aliphatic carboxylic acids is 1. The first-order chi connectivity index (χ1) is 10.3. The van der Waals surface area contributed by atoms with Gasteiger partial charge in [0.15, 0.2) is 9.84 Å². The van der Waals surface area contributed by atoms with Gasteiger partial charge in [-0.1, -0.05) is 12.8 Å². The maximum atomic E-state index is 12.5. The summed E-state index contributed by atoms with van der Waals surface area (Å²) in [5.41, 5.74) is -1.31. The highest BCUT2D eigenvalue weighted by Gasteiger charge is 2.45. The normalized spacial score (nSPS) is 23.9. The third-order valence-electron chi connectivity index (χ3n) is 4.72. The van der Waals surface area contributed by atoms with Gasteiger partial charge in [-0.25, -0.2) is 13.2 Å². The van der Waals surface area contributed by atoms with E-state index in [-0.39, 0.29) is 0 Å². The molecule has 1 atom stereocenters. The van der Waals surface area contributed by atoms with E-state index < -0.39 is 37.8 Å². The average Bonchev–Trinajstić information content (AvgIpc) is 2.97. The molecule has 126 valence electrons. The Morgan fingerprint density at radius 2 is 1.77 bits per heavy atom. The summed E-state index contributed by atoms with van der Waals surface area (Å²) in [6.07, 6.45) is 2.88. The number of carbonyl (C=O) groups is 2. The molecule has 1 amide bonds. The fraction of sp³-hybridized carbons (Fsp3) is 0.857. The molecule has 7 nitrogen and oxygen atoms in total. The summed E-state index contributed by atoms with van der Waals surface area (Å²) in [4.78, 5) is 23.8. The molecular formula is C14H23NO6S. The van der Waals surface area contributed by atoms with Crippen LogP contribution in [-0.2, 0) is 24.2 Å². The van der Waals surface area contributed by atoms with Crippen molar-refractivity contribution in [2.75, 3.05) is 13.2 Å². The second-order valence-corrected chi connectivity index (χ2v) is 8.68. The van der Waals surface area contributed by atoms with Gasteiger partial charge in [-0.15, -0.1) is 0 Å². The van der Waals surface area contributed by atoms with Crippen molar-refractivity contribution in [2.24, 2.45) is 0 Å². The molecule has 1 aliphatic carbocycles. The molecule has 1 unspecified atom stereocenters. The zero-order valence-corrected chi connectivity index (χ0v) is 13.5. The summed E-state index contributed by atoms with van der Waals surface area (Å²) in [6, 6.07) is 0. The van der Waals surface area contributed by atoms with Crippen LogP contribution >= 0.6 is 0 Å². The summed E-state index contributed by atoms with van der Waals surface area (Å²) >= 11 is 0. The van der Waals surface area contributed by atoms with Crippen molar-refractivity contribution in [3.63, 3.8) is 0 Å². The van der Waals surface area contributed by atoms with Crippen LogP contribution in [0.1, 0.15) is 45.4 Å². The first kappa shape index (κ1) is 17.2. The molecule has 0 radical (unpaired) electrons. The van der Waals surface area contributed by atoms with E-state index in [0.717, 1.165) is 0 Å². The van der Waals surface area contributed by atoms with Crippen LogP contribution in [-0.4, -0.2) is 54.7 Å². The van der Waals surface area contributed by atoms with E-state index in [1.54, 1.807) is 0 Å². The molecule has 22 heavy (non-hydrogen) atoms. The van der Waals surface area contributed by atoms with Crippen LogP contribution in [0.25, 0.3) is 0 Å². The maximum absolute atomic E-state index is 12.5. The fourth-order valence-corrected chi connectivity index (χ4v) is 4.93. The van der Waals surface area contributed by atoms with Crippen LogP contribution in [0, 0.1) is 0 Å². The average molecular weight is 333 g/mol. The fourth-order valence-electron chi connectivity index (χ4n) is 3.15. The number of hydrogen-bond acceptors (Lipinski definition) is 5. The summed E-state index contributed by atoms with van der Waals surface area (Å²) in [5.74, 6) is -1.80. The molecule has 2 N–H and O–H groups in total. The molecule has 0 bridgehead atoms. The van der Waals surface area contributed by atoms with E-state index in [0.29, 0.717) is 51.7 Å². The minimum atomic E-state index is -3.64. The lowest BCUT2D eigenvalue weighted by Gasteiger charge is -2.29. The highest BCUT2D eigenvalue weighted by molar-refractivity contribution is 7.93. The zero-order chi connectivity index (χ0) is 16.4. The first-order valence-electron chi connectivity index (χ1n) is 7.65. The molecule has 0 aromatic rings. The van der Waals surface area contributed by atoms with Crippen LogP contribution in [0.2, 0.25) is 0 Å². The van der Waals surface area contributed by atoms with E-state index >= 15 is 0 Å². The Balaban J connectivity index is 2.09. The molecule has 1 saturated heterocycles. The molecule has 1 aliphatic heterocycles. The molecule has 0 aromatic carbocycles. The van der Waals surface area contributed by atoms with Gasteiger partial charge in [-0.3, -0.25) is 4.79 Å². The molecule has 8 heteroatoms. The minimum absolute atomic E-state index is 0.345. The third kappa shape index (κ3) is 3.27. The van der Waals surface area contributed by atoms with Crippen molar-refractivity contribution < 1.29 is 27.9 Å². The number of carbonyl (C=O) groups excluding carboxylic acids is 1. The summed E-state index contributed by atoms with van der Waals surface area (Å²) in [5, 5.41) is 10.0. The molecular weight excluding hydrogens is 310 g/mol. The Morgan fingerprint density at radius 1 is 1.23 bits per heavy atom. The van der Waals surface area contributed by atoms with E-state index in [1.165, 1.54) is 6.92 Å². The molecule has 2 rings (SSSR count). The van der Waals surface area contributed by atoms with Gasteiger partial charge >= 0.3 is 5.97 Å². The monoisotopic (exact) mass is 333 g/mol. The van der Waals surface area contributed by atoms with Crippen molar-refractivity contribution in [1.29, 1.82) is 0 Å². The number of carboxylic acids is 1. The van der Waals surface area contributed by atoms with Gasteiger partial charge in [-0.05, 0) is 32.6 Å². The SMILES string of the molecule is CC(C(=O)NC1(C(=O)O)CCCC1)S(=O)(=O)C1CCOCC1. The van der Waals surface area contributed by atoms with Crippen LogP contribution in [0.15, 0.2) is 0 Å². The third-order valence-corrected chi connectivity index (χ3v) is 7.32. The van der Waals surface area contributed by atoms with Gasteiger partial charge in [0.1, 0.15) is 10.8 Å². The van der Waals surface area contributed by atoms with Gasteiger partial charge in [0.25, 0.3) is 0 Å². The smallest absolute Gasteiger partial charge is 0.329 e. The Hall–Kier alpha value is -1.15. The molecule has 2 aliphatic rings. The van der Waals surface area contributed by atoms with Crippen LogP contribution in [0.5, 0.6) is 0 Å². The molecule has 1 saturated carbocycles. The van der Waals surface area contributed by atoms with Gasteiger partial charge in [0.05, 0.1) is 5.25 Å². The molecule has 2 fully saturated rings. The lowest BCUT2D eigenvalue weighted by atomic mass is 9.97. The van der Waals surface area contributed by atoms with E-state index in [4.69, 9.17) is 4.74 Å². The Kier molecular flexibility index (Phi) is 5.11. The van der Waals surface area contributed by atoms with E-state index in [2.05, 4.69) is 5.32 Å². The lowest BCUT2D eigenvalue weighted by Crippen LogP contribution is -2.56. The van der Waals surface area contributed by atoms with E-state index in [9.17, 15) is 23.1 Å². The van der Waals surface area contributed by atoms with Crippen molar-refractivity contribution in [3.8, 4) is 0 Å². The Bertz CT molecular complexity index is 532. The van der Waals surface area contributed by atoms with Crippen molar-refractivity contribution >= 4 is 21.7 Å². The summed E-state index contributed by atoms with van der Waals surface area (Å²) in [7, 11) is -3.64. The second kappa shape index (κ2) is 6.54. The van der Waals surface area contributed by atoms with Crippen molar-refractivity contribution in [2.45, 2.75) is 61.5 Å². The molecule has 0 spiro atoms. The largest absolute Gasteiger partial charge is 0.480 e. The Morgan fingerprint density at radius 3 is 2.27 bits per heavy atom. The Labute approximate surface area is 130 Å². The number of nitrogens with one attached hydrogen (secondary N) is 1. The topological polar surface area (TPSA) is 110 Å². The number of hydrogen-bond donors (Lipinski definition) is 2. The highest BCUT2D eigenvalue weighted by Crippen LogP contribution is 2.30. The highest BCUT2D eigenvalue weighted by atomic mass is 32.2. The second-order valence-electron chi connectivity index (χ2n) is 6.13. The maximum Gasteiger partial charge on any atom is 0.329 e. The number of ether oxygens (including phenoxy) is 1. The lowest BCUT2D eigenvalue weighted by molar-refractivity contribution is -0.147. The predicted octanol–water partition coefficient (Wildman–Crippen LogP) is 0.482. The summed E-state index contributed by atoms with van der Waals surface area (Å²) in [6.45, 7) is 2.08. The molecule has 0 aromatic heterocycles. The quantitative estimate of drug-likeness (QED) is 0.757. The van der Waals surface area contributed by atoms with Crippen molar-refractivity contribution in [3.05, 3.63) is 0 Å². The van der Waals surface area contributed by atoms with Gasteiger partial charge in [-0.2, -0.15) is 0 Å². The first-order valence-corrected chi connectivity index (χ1v) is 9.26. The predicted molar refractivity (Wildman–Crippen MR) is 79.2 cm³/mol.